The lowest BCUT2D eigenvalue weighted by Crippen LogP contribution is -2.27. The van der Waals surface area contributed by atoms with Crippen molar-refractivity contribution in [1.82, 2.24) is 9.97 Å². The van der Waals surface area contributed by atoms with Crippen molar-refractivity contribution in [3.8, 4) is 0 Å². The number of fused-ring (bicyclic) bond motifs is 1. The lowest BCUT2D eigenvalue weighted by atomic mass is 9.79. The molecule has 25 heavy (non-hydrogen) atoms. The first-order chi connectivity index (χ1) is 12.1. The van der Waals surface area contributed by atoms with Crippen molar-refractivity contribution < 1.29 is 9.68 Å². The summed E-state index contributed by atoms with van der Waals surface area (Å²) in [5.74, 6) is 1.11. The SMILES string of the molecule is CCCC(CC)Nc1nc(Nc2ccc3c(c2)COB3O)ncc1Cl. The number of nitrogens with one attached hydrogen (secondary N) is 2. The molecule has 8 heteroatoms. The highest BCUT2D eigenvalue weighted by molar-refractivity contribution is 6.61. The first-order valence-electron chi connectivity index (χ1n) is 8.59. The van der Waals surface area contributed by atoms with Crippen LogP contribution < -0.4 is 16.1 Å². The number of aromatic nitrogens is 2. The maximum Gasteiger partial charge on any atom is 0.491 e. The number of benzene rings is 1. The number of anilines is 3. The third-order valence-corrected chi connectivity index (χ3v) is 4.55. The third-order valence-electron chi connectivity index (χ3n) is 4.28. The molecule has 1 aliphatic rings. The van der Waals surface area contributed by atoms with Crippen LogP contribution in [0.1, 0.15) is 38.7 Å². The normalized spacial score (nSPS) is 14.3. The molecule has 1 unspecified atom stereocenters. The van der Waals surface area contributed by atoms with Gasteiger partial charge in [-0.15, -0.1) is 0 Å². The van der Waals surface area contributed by atoms with E-state index in [-0.39, 0.29) is 0 Å². The molecule has 0 fully saturated rings. The van der Waals surface area contributed by atoms with Gasteiger partial charge in [0.2, 0.25) is 5.95 Å². The molecular weight excluding hydrogens is 338 g/mol. The fourth-order valence-corrected chi connectivity index (χ4v) is 3.03. The minimum Gasteiger partial charge on any atom is -0.423 e. The van der Waals surface area contributed by atoms with E-state index >= 15 is 0 Å². The quantitative estimate of drug-likeness (QED) is 0.659. The van der Waals surface area contributed by atoms with Crippen molar-refractivity contribution in [3.63, 3.8) is 0 Å². The fraction of sp³-hybridized carbons (Fsp3) is 0.412. The van der Waals surface area contributed by atoms with E-state index in [0.717, 1.165) is 36.0 Å². The highest BCUT2D eigenvalue weighted by Crippen LogP contribution is 2.24. The molecule has 2 heterocycles. The van der Waals surface area contributed by atoms with Crippen molar-refractivity contribution >= 4 is 41.6 Å². The number of rotatable bonds is 7. The van der Waals surface area contributed by atoms with Gasteiger partial charge in [-0.25, -0.2) is 4.98 Å². The highest BCUT2D eigenvalue weighted by Gasteiger charge is 2.27. The lowest BCUT2D eigenvalue weighted by molar-refractivity contribution is 0.275. The molecule has 2 aromatic rings. The predicted octanol–water partition coefficient (Wildman–Crippen LogP) is 3.08. The van der Waals surface area contributed by atoms with E-state index in [9.17, 15) is 5.02 Å². The average molecular weight is 361 g/mol. The van der Waals surface area contributed by atoms with E-state index in [0.29, 0.717) is 29.4 Å². The molecule has 1 atom stereocenters. The predicted molar refractivity (Wildman–Crippen MR) is 102 cm³/mol. The third kappa shape index (κ3) is 4.23. The van der Waals surface area contributed by atoms with Crippen molar-refractivity contribution in [2.75, 3.05) is 10.6 Å². The molecule has 0 bridgehead atoms. The van der Waals surface area contributed by atoms with Crippen LogP contribution in [0.3, 0.4) is 0 Å². The van der Waals surface area contributed by atoms with Gasteiger partial charge in [0, 0.05) is 11.7 Å². The smallest absolute Gasteiger partial charge is 0.423 e. The molecule has 0 radical (unpaired) electrons. The zero-order valence-electron chi connectivity index (χ0n) is 14.4. The van der Waals surface area contributed by atoms with Gasteiger partial charge < -0.3 is 20.3 Å². The summed E-state index contributed by atoms with van der Waals surface area (Å²) in [4.78, 5) is 8.75. The molecule has 0 amide bonds. The minimum atomic E-state index is -0.837. The van der Waals surface area contributed by atoms with E-state index in [1.807, 2.05) is 18.2 Å². The largest absolute Gasteiger partial charge is 0.491 e. The molecule has 0 saturated heterocycles. The zero-order valence-corrected chi connectivity index (χ0v) is 15.2. The second-order valence-corrected chi connectivity index (χ2v) is 6.54. The van der Waals surface area contributed by atoms with Crippen molar-refractivity contribution in [2.24, 2.45) is 0 Å². The van der Waals surface area contributed by atoms with Gasteiger partial charge in [-0.05, 0) is 36.0 Å². The lowest BCUT2D eigenvalue weighted by Gasteiger charge is -2.18. The Bertz CT molecular complexity index is 747. The summed E-state index contributed by atoms with van der Waals surface area (Å²) in [7, 11) is -0.837. The van der Waals surface area contributed by atoms with Crippen molar-refractivity contribution in [1.29, 1.82) is 0 Å². The van der Waals surface area contributed by atoms with E-state index < -0.39 is 7.12 Å². The van der Waals surface area contributed by atoms with E-state index in [1.165, 1.54) is 0 Å². The van der Waals surface area contributed by atoms with Crippen LogP contribution in [0.25, 0.3) is 0 Å². The van der Waals surface area contributed by atoms with Gasteiger partial charge >= 0.3 is 7.12 Å². The molecule has 1 aromatic carbocycles. The Morgan fingerprint density at radius 2 is 2.24 bits per heavy atom. The van der Waals surface area contributed by atoms with E-state index in [2.05, 4.69) is 34.4 Å². The second-order valence-electron chi connectivity index (χ2n) is 6.13. The topological polar surface area (TPSA) is 79.3 Å². The van der Waals surface area contributed by atoms with Gasteiger partial charge in [-0.1, -0.05) is 37.9 Å². The molecule has 1 aromatic heterocycles. The molecule has 0 aliphatic carbocycles. The van der Waals surface area contributed by atoms with Crippen LogP contribution >= 0.6 is 11.6 Å². The molecule has 1 aliphatic heterocycles. The number of nitrogens with zero attached hydrogens (tertiary/aromatic N) is 2. The van der Waals surface area contributed by atoms with E-state index in [1.54, 1.807) is 6.20 Å². The fourth-order valence-electron chi connectivity index (χ4n) is 2.89. The van der Waals surface area contributed by atoms with Crippen LogP contribution in [0.15, 0.2) is 24.4 Å². The molecule has 0 saturated carbocycles. The number of hydrogen-bond donors (Lipinski definition) is 3. The first kappa shape index (κ1) is 18.0. The van der Waals surface area contributed by atoms with Crippen LogP contribution in [-0.2, 0) is 11.3 Å². The molecular formula is C17H22BClN4O2. The molecule has 3 rings (SSSR count). The Hall–Kier alpha value is -1.83. The summed E-state index contributed by atoms with van der Waals surface area (Å²) in [5, 5.41) is 16.8. The first-order valence-corrected chi connectivity index (χ1v) is 8.97. The zero-order chi connectivity index (χ0) is 17.8. The summed E-state index contributed by atoms with van der Waals surface area (Å²) in [6.45, 7) is 4.70. The summed E-state index contributed by atoms with van der Waals surface area (Å²) >= 11 is 6.23. The Balaban J connectivity index is 1.76. The number of halogens is 1. The maximum absolute atomic E-state index is 9.69. The van der Waals surface area contributed by atoms with Crippen molar-refractivity contribution in [3.05, 3.63) is 35.0 Å². The summed E-state index contributed by atoms with van der Waals surface area (Å²) in [6.07, 6.45) is 4.76. The van der Waals surface area contributed by atoms with E-state index in [4.69, 9.17) is 16.3 Å². The Labute approximate surface area is 153 Å². The Kier molecular flexibility index (Phi) is 5.78. The second kappa shape index (κ2) is 8.04. The summed E-state index contributed by atoms with van der Waals surface area (Å²) in [5.41, 5.74) is 2.60. The van der Waals surface area contributed by atoms with Gasteiger partial charge in [-0.3, -0.25) is 0 Å². The molecule has 132 valence electrons. The highest BCUT2D eigenvalue weighted by atomic mass is 35.5. The maximum atomic E-state index is 9.69. The van der Waals surface area contributed by atoms with Gasteiger partial charge in [0.05, 0.1) is 12.8 Å². The van der Waals surface area contributed by atoms with Crippen LogP contribution in [-0.4, -0.2) is 28.2 Å². The average Bonchev–Trinajstić information content (AvgIpc) is 2.98. The monoisotopic (exact) mass is 360 g/mol. The van der Waals surface area contributed by atoms with Crippen LogP contribution in [0.5, 0.6) is 0 Å². The van der Waals surface area contributed by atoms with Crippen LogP contribution in [0.2, 0.25) is 5.02 Å². The summed E-state index contributed by atoms with van der Waals surface area (Å²) < 4.78 is 5.21. The molecule has 3 N–H and O–H groups in total. The van der Waals surface area contributed by atoms with Crippen LogP contribution in [0, 0.1) is 0 Å². The van der Waals surface area contributed by atoms with Gasteiger partial charge in [0.1, 0.15) is 5.02 Å². The molecule has 0 spiro atoms. The number of hydrogen-bond acceptors (Lipinski definition) is 6. The van der Waals surface area contributed by atoms with Gasteiger partial charge in [-0.2, -0.15) is 4.98 Å². The van der Waals surface area contributed by atoms with Gasteiger partial charge in [0.25, 0.3) is 0 Å². The standard InChI is InChI=1S/C17H22BClN4O2/c1-3-5-12(4-2)21-16-15(19)9-20-17(23-16)22-13-6-7-14-11(8-13)10-25-18(14)24/h6-9,12,24H,3-5,10H2,1-2H3,(H2,20,21,22,23). The van der Waals surface area contributed by atoms with Gasteiger partial charge in [0.15, 0.2) is 5.82 Å². The minimum absolute atomic E-state index is 0.337. The summed E-state index contributed by atoms with van der Waals surface area (Å²) in [6, 6.07) is 5.98. The van der Waals surface area contributed by atoms with Crippen LogP contribution in [0.4, 0.5) is 17.5 Å². The molecule has 6 nitrogen and oxygen atoms in total. The Morgan fingerprint density at radius 3 is 3.00 bits per heavy atom. The van der Waals surface area contributed by atoms with Crippen molar-refractivity contribution in [2.45, 2.75) is 45.8 Å². The Morgan fingerprint density at radius 1 is 1.40 bits per heavy atom.